The van der Waals surface area contributed by atoms with E-state index in [0.717, 1.165) is 5.56 Å². The third-order valence-corrected chi connectivity index (χ3v) is 2.19. The summed E-state index contributed by atoms with van der Waals surface area (Å²) in [6.07, 6.45) is -4.44. The molecule has 102 valence electrons. The van der Waals surface area contributed by atoms with Crippen molar-refractivity contribution in [3.05, 3.63) is 34.9 Å². The van der Waals surface area contributed by atoms with E-state index in [9.17, 15) is 18.0 Å². The van der Waals surface area contributed by atoms with E-state index in [1.54, 1.807) is 19.1 Å². The normalized spacial score (nSPS) is 10.6. The van der Waals surface area contributed by atoms with Crippen molar-refractivity contribution in [3.63, 3.8) is 0 Å². The van der Waals surface area contributed by atoms with E-state index in [1.807, 2.05) is 5.32 Å². The van der Waals surface area contributed by atoms with Crippen LogP contribution in [0.1, 0.15) is 21.5 Å². The summed E-state index contributed by atoms with van der Waals surface area (Å²) in [5.41, 5.74) is 6.56. The highest BCUT2D eigenvalue weighted by Gasteiger charge is 2.28. The van der Waals surface area contributed by atoms with Gasteiger partial charge in [0.25, 0.3) is 5.91 Å². The van der Waals surface area contributed by atoms with E-state index < -0.39 is 18.6 Å². The standard InChI is InChI=1S/C13H13F3N2O/c1-9-4-5-11(10(7-9)3-2-6-17)12(19)18-8-13(14,15)16/h4-5,7H,6,8,17H2,1H3,(H,18,19). The minimum Gasteiger partial charge on any atom is -0.343 e. The topological polar surface area (TPSA) is 55.1 Å². The smallest absolute Gasteiger partial charge is 0.343 e. The molecule has 0 unspecified atom stereocenters. The minimum absolute atomic E-state index is 0.107. The van der Waals surface area contributed by atoms with Gasteiger partial charge in [-0.3, -0.25) is 4.79 Å². The highest BCUT2D eigenvalue weighted by Crippen LogP contribution is 2.14. The fraction of sp³-hybridized carbons (Fsp3) is 0.308. The van der Waals surface area contributed by atoms with Crippen LogP contribution in [0, 0.1) is 18.8 Å². The second-order valence-electron chi connectivity index (χ2n) is 3.85. The maximum Gasteiger partial charge on any atom is 0.405 e. The van der Waals surface area contributed by atoms with Crippen LogP contribution in [0.15, 0.2) is 18.2 Å². The molecule has 1 aromatic rings. The van der Waals surface area contributed by atoms with Crippen LogP contribution >= 0.6 is 0 Å². The van der Waals surface area contributed by atoms with Crippen LogP contribution in [0.2, 0.25) is 0 Å². The van der Waals surface area contributed by atoms with Crippen molar-refractivity contribution in [2.45, 2.75) is 13.1 Å². The van der Waals surface area contributed by atoms with Gasteiger partial charge >= 0.3 is 6.18 Å². The van der Waals surface area contributed by atoms with Crippen LogP contribution in [0.3, 0.4) is 0 Å². The van der Waals surface area contributed by atoms with Crippen LogP contribution in [0.5, 0.6) is 0 Å². The summed E-state index contributed by atoms with van der Waals surface area (Å²) in [7, 11) is 0. The van der Waals surface area contributed by atoms with Gasteiger partial charge in [0, 0.05) is 5.56 Å². The summed E-state index contributed by atoms with van der Waals surface area (Å²) in [6, 6.07) is 4.71. The molecule has 6 heteroatoms. The van der Waals surface area contributed by atoms with Gasteiger partial charge in [-0.1, -0.05) is 17.9 Å². The van der Waals surface area contributed by atoms with Gasteiger partial charge in [0.15, 0.2) is 0 Å². The molecule has 0 heterocycles. The van der Waals surface area contributed by atoms with Crippen LogP contribution in [-0.4, -0.2) is 25.2 Å². The molecule has 0 aliphatic carbocycles. The predicted octanol–water partition coefficient (Wildman–Crippen LogP) is 1.60. The van der Waals surface area contributed by atoms with Crippen LogP contribution in [0.4, 0.5) is 13.2 Å². The van der Waals surface area contributed by atoms with Crippen molar-refractivity contribution in [2.75, 3.05) is 13.1 Å². The number of halogens is 3. The molecule has 1 aromatic carbocycles. The number of nitrogens with one attached hydrogen (secondary N) is 1. The Morgan fingerprint density at radius 3 is 2.68 bits per heavy atom. The lowest BCUT2D eigenvalue weighted by atomic mass is 10.0. The van der Waals surface area contributed by atoms with Gasteiger partial charge in [0.1, 0.15) is 6.54 Å². The molecule has 0 saturated carbocycles. The molecule has 0 aromatic heterocycles. The summed E-state index contributed by atoms with van der Waals surface area (Å²) >= 11 is 0. The van der Waals surface area contributed by atoms with Crippen LogP contribution in [0.25, 0.3) is 0 Å². The average Bonchev–Trinajstić information content (AvgIpc) is 2.32. The van der Waals surface area contributed by atoms with Crippen molar-refractivity contribution in [3.8, 4) is 11.8 Å². The van der Waals surface area contributed by atoms with Crippen molar-refractivity contribution in [2.24, 2.45) is 5.73 Å². The van der Waals surface area contributed by atoms with Crippen molar-refractivity contribution in [1.29, 1.82) is 0 Å². The van der Waals surface area contributed by atoms with Crippen molar-refractivity contribution >= 4 is 5.91 Å². The van der Waals surface area contributed by atoms with Crippen molar-refractivity contribution in [1.82, 2.24) is 5.32 Å². The molecule has 1 amide bonds. The zero-order valence-corrected chi connectivity index (χ0v) is 10.3. The van der Waals surface area contributed by atoms with Gasteiger partial charge in [-0.05, 0) is 24.6 Å². The molecule has 19 heavy (non-hydrogen) atoms. The first-order valence-corrected chi connectivity index (χ1v) is 5.48. The predicted molar refractivity (Wildman–Crippen MR) is 65.5 cm³/mol. The molecule has 0 spiro atoms. The number of carbonyl (C=O) groups is 1. The molecule has 0 bridgehead atoms. The lowest BCUT2D eigenvalue weighted by Gasteiger charge is -2.10. The second kappa shape index (κ2) is 6.25. The zero-order valence-electron chi connectivity index (χ0n) is 10.3. The lowest BCUT2D eigenvalue weighted by Crippen LogP contribution is -2.34. The summed E-state index contributed by atoms with van der Waals surface area (Å²) < 4.78 is 36.1. The summed E-state index contributed by atoms with van der Waals surface area (Å²) in [4.78, 5) is 11.7. The Morgan fingerprint density at radius 2 is 2.11 bits per heavy atom. The molecule has 0 saturated heterocycles. The molecular weight excluding hydrogens is 257 g/mol. The third kappa shape index (κ3) is 5.02. The molecular formula is C13H13F3N2O. The molecule has 0 aliphatic rings. The van der Waals surface area contributed by atoms with Gasteiger partial charge in [0.05, 0.1) is 12.1 Å². The number of aryl methyl sites for hydroxylation is 1. The van der Waals surface area contributed by atoms with Gasteiger partial charge in [-0.15, -0.1) is 0 Å². The Hall–Kier alpha value is -2.00. The SMILES string of the molecule is Cc1ccc(C(=O)NCC(F)(F)F)c(C#CCN)c1. The minimum atomic E-state index is -4.44. The maximum absolute atomic E-state index is 12.0. The summed E-state index contributed by atoms with van der Waals surface area (Å²) in [5.74, 6) is 4.44. The van der Waals surface area contributed by atoms with Crippen LogP contribution in [-0.2, 0) is 0 Å². The number of rotatable bonds is 2. The van der Waals surface area contributed by atoms with Gasteiger partial charge in [0.2, 0.25) is 0 Å². The second-order valence-corrected chi connectivity index (χ2v) is 3.85. The highest BCUT2D eigenvalue weighted by atomic mass is 19.4. The lowest BCUT2D eigenvalue weighted by molar-refractivity contribution is -0.123. The summed E-state index contributed by atoms with van der Waals surface area (Å²) in [6.45, 7) is 0.534. The molecule has 3 N–H and O–H groups in total. The van der Waals surface area contributed by atoms with E-state index in [-0.39, 0.29) is 12.1 Å². The quantitative estimate of drug-likeness (QED) is 0.802. The van der Waals surface area contributed by atoms with Gasteiger partial charge in [-0.2, -0.15) is 13.2 Å². The maximum atomic E-state index is 12.0. The monoisotopic (exact) mass is 270 g/mol. The highest BCUT2D eigenvalue weighted by molar-refractivity contribution is 5.96. The van der Waals surface area contributed by atoms with Gasteiger partial charge < -0.3 is 11.1 Å². The Morgan fingerprint density at radius 1 is 1.42 bits per heavy atom. The number of carbonyl (C=O) groups excluding carboxylic acids is 1. The largest absolute Gasteiger partial charge is 0.405 e. The number of hydrogen-bond acceptors (Lipinski definition) is 2. The van der Waals surface area contributed by atoms with E-state index in [4.69, 9.17) is 5.73 Å². The molecule has 0 atom stereocenters. The fourth-order valence-corrected chi connectivity index (χ4v) is 1.38. The molecule has 3 nitrogen and oxygen atoms in total. The number of alkyl halides is 3. The Bertz CT molecular complexity index is 527. The molecule has 0 aliphatic heterocycles. The number of hydrogen-bond donors (Lipinski definition) is 2. The fourth-order valence-electron chi connectivity index (χ4n) is 1.38. The third-order valence-electron chi connectivity index (χ3n) is 2.19. The first-order chi connectivity index (χ1) is 8.83. The number of benzene rings is 1. The first kappa shape index (κ1) is 15.1. The summed E-state index contributed by atoms with van der Waals surface area (Å²) in [5, 5.41) is 1.81. The Kier molecular flexibility index (Phi) is 4.95. The molecule has 0 fully saturated rings. The number of amides is 1. The zero-order chi connectivity index (χ0) is 14.5. The van der Waals surface area contributed by atoms with E-state index in [0.29, 0.717) is 5.56 Å². The van der Waals surface area contributed by atoms with E-state index >= 15 is 0 Å². The van der Waals surface area contributed by atoms with Crippen LogP contribution < -0.4 is 11.1 Å². The van der Waals surface area contributed by atoms with Gasteiger partial charge in [-0.25, -0.2) is 0 Å². The average molecular weight is 270 g/mol. The van der Waals surface area contributed by atoms with Crippen molar-refractivity contribution < 1.29 is 18.0 Å². The Labute approximate surface area is 109 Å². The Balaban J connectivity index is 2.96. The van der Waals surface area contributed by atoms with E-state index in [1.165, 1.54) is 6.07 Å². The van der Waals surface area contributed by atoms with E-state index in [2.05, 4.69) is 11.8 Å². The molecule has 0 radical (unpaired) electrons. The molecule has 1 rings (SSSR count). The first-order valence-electron chi connectivity index (χ1n) is 5.48. The number of nitrogens with two attached hydrogens (primary N) is 1.